The number of aryl methyl sites for hydroxylation is 1. The number of furan rings is 1. The minimum Gasteiger partial charge on any atom is -0.496 e. The summed E-state index contributed by atoms with van der Waals surface area (Å²) < 4.78 is 16.0. The molecule has 1 aromatic heterocycles. The van der Waals surface area contributed by atoms with E-state index in [-0.39, 0.29) is 5.91 Å². The van der Waals surface area contributed by atoms with E-state index in [9.17, 15) is 4.79 Å². The number of hydrogen-bond acceptors (Lipinski definition) is 6. The number of benzene rings is 1. The molecule has 1 aliphatic rings. The zero-order valence-electron chi connectivity index (χ0n) is 15.0. The molecule has 0 spiro atoms. The first-order valence-electron chi connectivity index (χ1n) is 8.52. The Morgan fingerprint density at radius 2 is 2.15 bits per heavy atom. The summed E-state index contributed by atoms with van der Waals surface area (Å²) >= 11 is 0. The van der Waals surface area contributed by atoms with Crippen LogP contribution in [-0.2, 0) is 11.3 Å². The number of carbonyl (C=O) groups is 1. The van der Waals surface area contributed by atoms with Gasteiger partial charge in [-0.15, -0.1) is 0 Å². The third kappa shape index (κ3) is 4.50. The maximum atomic E-state index is 12.0. The van der Waals surface area contributed by atoms with Crippen LogP contribution in [0.15, 0.2) is 40.0 Å². The molecular formula is C19H23N3O4. The minimum absolute atomic E-state index is 0.297. The lowest BCUT2D eigenvalue weighted by Crippen LogP contribution is -2.35. The van der Waals surface area contributed by atoms with Gasteiger partial charge >= 0.3 is 0 Å². The van der Waals surface area contributed by atoms with Crippen LogP contribution in [0.25, 0.3) is 0 Å². The fraction of sp³-hybridized carbons (Fsp3) is 0.368. The predicted molar refractivity (Wildman–Crippen MR) is 97.6 cm³/mol. The molecule has 1 N–H and O–H groups in total. The summed E-state index contributed by atoms with van der Waals surface area (Å²) in [6.07, 6.45) is 3.10. The van der Waals surface area contributed by atoms with Gasteiger partial charge in [-0.25, -0.2) is 5.43 Å². The highest BCUT2D eigenvalue weighted by Crippen LogP contribution is 2.21. The summed E-state index contributed by atoms with van der Waals surface area (Å²) in [6.45, 7) is 5.84. The number of hydrogen-bond donors (Lipinski definition) is 1. The van der Waals surface area contributed by atoms with Crippen molar-refractivity contribution in [3.63, 3.8) is 0 Å². The first kappa shape index (κ1) is 18.2. The molecule has 7 heteroatoms. The fourth-order valence-electron chi connectivity index (χ4n) is 2.85. The summed E-state index contributed by atoms with van der Waals surface area (Å²) in [6, 6.07) is 7.46. The van der Waals surface area contributed by atoms with Gasteiger partial charge in [0.05, 0.1) is 38.4 Å². The van der Waals surface area contributed by atoms with Crippen molar-refractivity contribution in [1.82, 2.24) is 10.3 Å². The summed E-state index contributed by atoms with van der Waals surface area (Å²) in [7, 11) is 1.67. The van der Waals surface area contributed by atoms with Crippen LogP contribution in [-0.4, -0.2) is 50.4 Å². The number of amides is 1. The van der Waals surface area contributed by atoms with Gasteiger partial charge in [-0.1, -0.05) is 0 Å². The predicted octanol–water partition coefficient (Wildman–Crippen LogP) is 2.19. The van der Waals surface area contributed by atoms with Gasteiger partial charge < -0.3 is 13.9 Å². The number of carbonyl (C=O) groups excluding carboxylic acids is 1. The molecule has 7 nitrogen and oxygen atoms in total. The molecule has 1 amide bonds. The molecule has 26 heavy (non-hydrogen) atoms. The molecule has 1 saturated heterocycles. The van der Waals surface area contributed by atoms with E-state index < -0.39 is 0 Å². The number of morpholine rings is 1. The van der Waals surface area contributed by atoms with Gasteiger partial charge in [0.25, 0.3) is 5.91 Å². The van der Waals surface area contributed by atoms with Crippen LogP contribution in [0, 0.1) is 6.92 Å². The number of rotatable bonds is 6. The van der Waals surface area contributed by atoms with Crippen molar-refractivity contribution in [2.45, 2.75) is 13.5 Å². The first-order chi connectivity index (χ1) is 12.7. The van der Waals surface area contributed by atoms with E-state index in [0.717, 1.165) is 49.7 Å². The standard InChI is InChI=1S/C19H23N3O4/c1-14-17(5-8-26-14)19(23)21-20-12-15-3-4-18(24-2)16(11-15)13-22-6-9-25-10-7-22/h3-5,8,11-12H,6-7,9-10,13H2,1-2H3,(H,21,23). The van der Waals surface area contributed by atoms with Crippen LogP contribution in [0.2, 0.25) is 0 Å². The van der Waals surface area contributed by atoms with Gasteiger partial charge in [-0.3, -0.25) is 9.69 Å². The molecule has 0 saturated carbocycles. The van der Waals surface area contributed by atoms with Crippen molar-refractivity contribution in [2.24, 2.45) is 5.10 Å². The minimum atomic E-state index is -0.297. The smallest absolute Gasteiger partial charge is 0.274 e. The Bertz CT molecular complexity index is 779. The van der Waals surface area contributed by atoms with Gasteiger partial charge in [0.2, 0.25) is 0 Å². The molecule has 0 unspecified atom stereocenters. The van der Waals surface area contributed by atoms with Crippen LogP contribution >= 0.6 is 0 Å². The molecule has 1 aromatic carbocycles. The highest BCUT2D eigenvalue weighted by Gasteiger charge is 2.14. The summed E-state index contributed by atoms with van der Waals surface area (Å²) in [5, 5.41) is 4.04. The lowest BCUT2D eigenvalue weighted by molar-refractivity contribution is 0.0339. The zero-order chi connectivity index (χ0) is 18.4. The second-order valence-corrected chi connectivity index (χ2v) is 6.05. The molecule has 2 heterocycles. The monoisotopic (exact) mass is 357 g/mol. The van der Waals surface area contributed by atoms with Crippen LogP contribution < -0.4 is 10.2 Å². The average molecular weight is 357 g/mol. The van der Waals surface area contributed by atoms with Gasteiger partial charge in [0.1, 0.15) is 11.5 Å². The largest absolute Gasteiger partial charge is 0.496 e. The highest BCUT2D eigenvalue weighted by molar-refractivity contribution is 5.95. The first-order valence-corrected chi connectivity index (χ1v) is 8.52. The summed E-state index contributed by atoms with van der Waals surface area (Å²) in [4.78, 5) is 14.3. The summed E-state index contributed by atoms with van der Waals surface area (Å²) in [5.74, 6) is 1.11. The molecule has 0 aliphatic carbocycles. The Hall–Kier alpha value is -2.64. The Labute approximate surface area is 152 Å². The Morgan fingerprint density at radius 1 is 1.35 bits per heavy atom. The molecule has 0 atom stereocenters. The van der Waals surface area contributed by atoms with Gasteiger partial charge in [0.15, 0.2) is 0 Å². The normalized spacial score (nSPS) is 15.3. The van der Waals surface area contributed by atoms with Crippen LogP contribution in [0.5, 0.6) is 5.75 Å². The van der Waals surface area contributed by atoms with E-state index in [0.29, 0.717) is 11.3 Å². The van der Waals surface area contributed by atoms with E-state index in [4.69, 9.17) is 13.9 Å². The second kappa shape index (κ2) is 8.64. The van der Waals surface area contributed by atoms with E-state index in [1.165, 1.54) is 6.26 Å². The molecule has 1 aliphatic heterocycles. The Balaban J connectivity index is 1.66. The van der Waals surface area contributed by atoms with Crippen LogP contribution in [0.4, 0.5) is 0 Å². The molecule has 3 rings (SSSR count). The Kier molecular flexibility index (Phi) is 6.04. The summed E-state index contributed by atoms with van der Waals surface area (Å²) in [5.41, 5.74) is 4.96. The topological polar surface area (TPSA) is 76.3 Å². The number of nitrogens with one attached hydrogen (secondary N) is 1. The van der Waals surface area contributed by atoms with E-state index in [1.807, 2.05) is 18.2 Å². The van der Waals surface area contributed by atoms with Crippen molar-refractivity contribution in [3.05, 3.63) is 53.0 Å². The van der Waals surface area contributed by atoms with Crippen molar-refractivity contribution >= 4 is 12.1 Å². The number of methoxy groups -OCH3 is 1. The zero-order valence-corrected chi connectivity index (χ0v) is 15.0. The second-order valence-electron chi connectivity index (χ2n) is 6.05. The van der Waals surface area contributed by atoms with Gasteiger partial charge in [-0.2, -0.15) is 5.10 Å². The van der Waals surface area contributed by atoms with Gasteiger partial charge in [-0.05, 0) is 36.8 Å². The average Bonchev–Trinajstić information content (AvgIpc) is 3.09. The third-order valence-corrected chi connectivity index (χ3v) is 4.29. The number of nitrogens with zero attached hydrogens (tertiary/aromatic N) is 2. The van der Waals surface area contributed by atoms with E-state index >= 15 is 0 Å². The van der Waals surface area contributed by atoms with Crippen molar-refractivity contribution in [1.29, 1.82) is 0 Å². The fourth-order valence-corrected chi connectivity index (χ4v) is 2.85. The Morgan fingerprint density at radius 3 is 2.85 bits per heavy atom. The molecule has 0 radical (unpaired) electrons. The molecule has 2 aromatic rings. The van der Waals surface area contributed by atoms with Crippen molar-refractivity contribution in [2.75, 3.05) is 33.4 Å². The number of hydrazone groups is 1. The van der Waals surface area contributed by atoms with Crippen molar-refractivity contribution < 1.29 is 18.7 Å². The van der Waals surface area contributed by atoms with E-state index in [2.05, 4.69) is 15.4 Å². The van der Waals surface area contributed by atoms with Crippen molar-refractivity contribution in [3.8, 4) is 5.75 Å². The molecular weight excluding hydrogens is 334 g/mol. The van der Waals surface area contributed by atoms with Crippen LogP contribution in [0.1, 0.15) is 27.2 Å². The third-order valence-electron chi connectivity index (χ3n) is 4.29. The highest BCUT2D eigenvalue weighted by atomic mass is 16.5. The SMILES string of the molecule is COc1ccc(C=NNC(=O)c2ccoc2C)cc1CN1CCOCC1. The lowest BCUT2D eigenvalue weighted by Gasteiger charge is -2.27. The quantitative estimate of drug-likeness (QED) is 0.633. The number of ether oxygens (including phenoxy) is 2. The van der Waals surface area contributed by atoms with Crippen LogP contribution in [0.3, 0.4) is 0 Å². The molecule has 138 valence electrons. The maximum Gasteiger partial charge on any atom is 0.274 e. The van der Waals surface area contributed by atoms with E-state index in [1.54, 1.807) is 26.3 Å². The van der Waals surface area contributed by atoms with Gasteiger partial charge in [0, 0.05) is 25.2 Å². The maximum absolute atomic E-state index is 12.0. The molecule has 0 bridgehead atoms. The lowest BCUT2D eigenvalue weighted by atomic mass is 10.1. The molecule has 1 fully saturated rings.